The fourth-order valence-electron chi connectivity index (χ4n) is 1.21. The van der Waals surface area contributed by atoms with Gasteiger partial charge in [-0.2, -0.15) is 0 Å². The highest BCUT2D eigenvalue weighted by atomic mass is 79.9. The Morgan fingerprint density at radius 1 is 1.38 bits per heavy atom. The van der Waals surface area contributed by atoms with E-state index in [-0.39, 0.29) is 5.91 Å². The van der Waals surface area contributed by atoms with Gasteiger partial charge >= 0.3 is 0 Å². The Balaban J connectivity index is 2.17. The van der Waals surface area contributed by atoms with Crippen LogP contribution in [-0.2, 0) is 0 Å². The van der Waals surface area contributed by atoms with Crippen LogP contribution in [-0.4, -0.2) is 5.91 Å². The van der Waals surface area contributed by atoms with Crippen LogP contribution in [0.5, 0.6) is 0 Å². The summed E-state index contributed by atoms with van der Waals surface area (Å²) in [5, 5.41) is 5.06. The lowest BCUT2D eigenvalue weighted by atomic mass is 10.3. The third kappa shape index (κ3) is 2.64. The minimum atomic E-state index is -0.182. The molecular formula is C11H7BrClNOS. The fourth-order valence-corrected chi connectivity index (χ4v) is 2.65. The molecular weight excluding hydrogens is 310 g/mol. The van der Waals surface area contributed by atoms with E-state index in [1.54, 1.807) is 11.4 Å². The van der Waals surface area contributed by atoms with Crippen LogP contribution in [0.25, 0.3) is 0 Å². The Bertz CT molecular complexity index is 526. The van der Waals surface area contributed by atoms with Crippen molar-refractivity contribution in [1.82, 2.24) is 0 Å². The number of nitrogens with one attached hydrogen (secondary N) is 1. The predicted octanol–water partition coefficient (Wildman–Crippen LogP) is 4.42. The molecule has 0 aliphatic heterocycles. The average molecular weight is 317 g/mol. The molecule has 0 saturated heterocycles. The van der Waals surface area contributed by atoms with Gasteiger partial charge in [-0.05, 0) is 29.6 Å². The first kappa shape index (κ1) is 11.6. The summed E-state index contributed by atoms with van der Waals surface area (Å²) in [7, 11) is 0. The van der Waals surface area contributed by atoms with E-state index in [9.17, 15) is 4.79 Å². The second-order valence-corrected chi connectivity index (χ2v) is 5.30. The smallest absolute Gasteiger partial charge is 0.267 e. The van der Waals surface area contributed by atoms with Crippen LogP contribution in [0.3, 0.4) is 0 Å². The summed E-state index contributed by atoms with van der Waals surface area (Å²) >= 11 is 10.5. The van der Waals surface area contributed by atoms with Crippen molar-refractivity contribution in [3.63, 3.8) is 0 Å². The number of halogens is 2. The fraction of sp³-hybridized carbons (Fsp3) is 0. The van der Waals surface area contributed by atoms with E-state index >= 15 is 0 Å². The first-order valence-corrected chi connectivity index (χ1v) is 6.52. The summed E-state index contributed by atoms with van der Waals surface area (Å²) in [6.45, 7) is 0. The topological polar surface area (TPSA) is 29.1 Å². The van der Waals surface area contributed by atoms with Gasteiger partial charge in [0.1, 0.15) is 4.88 Å². The molecule has 0 aliphatic rings. The van der Waals surface area contributed by atoms with E-state index in [1.165, 1.54) is 11.3 Å². The Morgan fingerprint density at radius 3 is 2.81 bits per heavy atom. The summed E-state index contributed by atoms with van der Waals surface area (Å²) in [6, 6.07) is 9.12. The summed E-state index contributed by atoms with van der Waals surface area (Å²) in [6.07, 6.45) is 0. The highest BCUT2D eigenvalue weighted by molar-refractivity contribution is 9.10. The summed E-state index contributed by atoms with van der Waals surface area (Å²) < 4.78 is 0.919. The largest absolute Gasteiger partial charge is 0.321 e. The van der Waals surface area contributed by atoms with E-state index in [2.05, 4.69) is 21.2 Å². The number of amides is 1. The molecule has 0 radical (unpaired) electrons. The molecule has 0 atom stereocenters. The maximum absolute atomic E-state index is 11.8. The Kier molecular flexibility index (Phi) is 3.63. The zero-order chi connectivity index (χ0) is 11.5. The molecule has 16 heavy (non-hydrogen) atoms. The molecule has 0 saturated carbocycles. The highest BCUT2D eigenvalue weighted by Crippen LogP contribution is 2.23. The molecule has 82 valence electrons. The van der Waals surface area contributed by atoms with E-state index in [0.717, 1.165) is 10.2 Å². The lowest BCUT2D eigenvalue weighted by Gasteiger charge is -2.04. The second-order valence-electron chi connectivity index (χ2n) is 3.06. The van der Waals surface area contributed by atoms with Crippen LogP contribution in [0.4, 0.5) is 5.69 Å². The molecule has 0 spiro atoms. The molecule has 2 rings (SSSR count). The molecule has 5 heteroatoms. The van der Waals surface area contributed by atoms with Crippen molar-refractivity contribution in [1.29, 1.82) is 0 Å². The Hall–Kier alpha value is -0.840. The van der Waals surface area contributed by atoms with Crippen LogP contribution in [0.1, 0.15) is 9.67 Å². The van der Waals surface area contributed by atoms with Gasteiger partial charge in [-0.3, -0.25) is 4.79 Å². The van der Waals surface area contributed by atoms with E-state index < -0.39 is 0 Å². The minimum absolute atomic E-state index is 0.182. The van der Waals surface area contributed by atoms with Gasteiger partial charge in [0.15, 0.2) is 0 Å². The maximum atomic E-state index is 11.8. The molecule has 0 aliphatic carbocycles. The molecule has 2 aromatic rings. The first-order chi connectivity index (χ1) is 7.66. The van der Waals surface area contributed by atoms with E-state index in [1.807, 2.05) is 24.3 Å². The van der Waals surface area contributed by atoms with Gasteiger partial charge < -0.3 is 5.32 Å². The molecule has 1 heterocycles. The van der Waals surface area contributed by atoms with Crippen LogP contribution < -0.4 is 5.32 Å². The Morgan fingerprint density at radius 2 is 2.19 bits per heavy atom. The third-order valence-electron chi connectivity index (χ3n) is 1.91. The van der Waals surface area contributed by atoms with Crippen molar-refractivity contribution < 1.29 is 4.79 Å². The molecule has 2 nitrogen and oxygen atoms in total. The summed E-state index contributed by atoms with van der Waals surface area (Å²) in [5.41, 5.74) is 0.740. The summed E-state index contributed by atoms with van der Waals surface area (Å²) in [4.78, 5) is 12.3. The van der Waals surface area contributed by atoms with Crippen molar-refractivity contribution >= 4 is 50.5 Å². The molecule has 1 N–H and O–H groups in total. The highest BCUT2D eigenvalue weighted by Gasteiger charge is 2.11. The van der Waals surface area contributed by atoms with Gasteiger partial charge in [-0.25, -0.2) is 0 Å². The SMILES string of the molecule is O=C(Nc1cccc(Br)c1)c1sccc1Cl. The van der Waals surface area contributed by atoms with Gasteiger partial charge in [0.05, 0.1) is 5.02 Å². The molecule has 0 fully saturated rings. The zero-order valence-electron chi connectivity index (χ0n) is 8.04. The van der Waals surface area contributed by atoms with Crippen LogP contribution in [0, 0.1) is 0 Å². The van der Waals surface area contributed by atoms with Gasteiger partial charge in [0.25, 0.3) is 5.91 Å². The van der Waals surface area contributed by atoms with E-state index in [4.69, 9.17) is 11.6 Å². The van der Waals surface area contributed by atoms with Crippen molar-refractivity contribution in [2.24, 2.45) is 0 Å². The van der Waals surface area contributed by atoms with Crippen molar-refractivity contribution in [2.45, 2.75) is 0 Å². The van der Waals surface area contributed by atoms with Gasteiger partial charge in [-0.15, -0.1) is 11.3 Å². The molecule has 1 aromatic carbocycles. The van der Waals surface area contributed by atoms with Crippen molar-refractivity contribution in [3.05, 3.63) is 50.1 Å². The molecule has 1 aromatic heterocycles. The number of hydrogen-bond donors (Lipinski definition) is 1. The number of rotatable bonds is 2. The molecule has 0 bridgehead atoms. The molecule has 0 unspecified atom stereocenters. The number of anilines is 1. The maximum Gasteiger partial charge on any atom is 0.267 e. The second kappa shape index (κ2) is 4.99. The quantitative estimate of drug-likeness (QED) is 0.873. The van der Waals surface area contributed by atoms with Crippen LogP contribution in [0.15, 0.2) is 40.2 Å². The van der Waals surface area contributed by atoms with Gasteiger partial charge in [0, 0.05) is 10.2 Å². The zero-order valence-corrected chi connectivity index (χ0v) is 11.2. The third-order valence-corrected chi connectivity index (χ3v) is 3.74. The first-order valence-electron chi connectivity index (χ1n) is 4.47. The number of benzene rings is 1. The predicted molar refractivity (Wildman–Crippen MR) is 71.4 cm³/mol. The normalized spacial score (nSPS) is 10.1. The average Bonchev–Trinajstić information content (AvgIpc) is 2.64. The molecule has 1 amide bonds. The summed E-state index contributed by atoms with van der Waals surface area (Å²) in [5.74, 6) is -0.182. The van der Waals surface area contributed by atoms with Crippen LogP contribution in [0.2, 0.25) is 5.02 Å². The number of thiophene rings is 1. The standard InChI is InChI=1S/C11H7BrClNOS/c12-7-2-1-3-8(6-7)14-11(15)10-9(13)4-5-16-10/h1-6H,(H,14,15). The lowest BCUT2D eigenvalue weighted by molar-refractivity contribution is 0.103. The van der Waals surface area contributed by atoms with Gasteiger partial charge in [-0.1, -0.05) is 33.6 Å². The van der Waals surface area contributed by atoms with E-state index in [0.29, 0.717) is 9.90 Å². The number of hydrogen-bond acceptors (Lipinski definition) is 2. The monoisotopic (exact) mass is 315 g/mol. The Labute approximate surface area is 110 Å². The van der Waals surface area contributed by atoms with Crippen molar-refractivity contribution in [2.75, 3.05) is 5.32 Å². The van der Waals surface area contributed by atoms with Crippen molar-refractivity contribution in [3.8, 4) is 0 Å². The lowest BCUT2D eigenvalue weighted by Crippen LogP contribution is -2.10. The number of carbonyl (C=O) groups excluding carboxylic acids is 1. The number of carbonyl (C=O) groups is 1. The van der Waals surface area contributed by atoms with Crippen LogP contribution >= 0.6 is 38.9 Å². The minimum Gasteiger partial charge on any atom is -0.321 e. The van der Waals surface area contributed by atoms with Gasteiger partial charge in [0.2, 0.25) is 0 Å².